The van der Waals surface area contributed by atoms with Crippen molar-refractivity contribution in [1.82, 2.24) is 0 Å². The Balaban J connectivity index is 2.85. The van der Waals surface area contributed by atoms with Crippen molar-refractivity contribution in [3.05, 3.63) is 0 Å². The summed E-state index contributed by atoms with van der Waals surface area (Å²) >= 11 is 0. The van der Waals surface area contributed by atoms with Crippen LogP contribution >= 0.6 is 0 Å². The quantitative estimate of drug-likeness (QED) is 0.462. The largest absolute Gasteiger partial charge is 0.380 e. The molecular weight excluding hydrogens is 212 g/mol. The van der Waals surface area contributed by atoms with Gasteiger partial charge in [0.2, 0.25) is 0 Å². The molecule has 0 aliphatic rings. The van der Waals surface area contributed by atoms with Crippen LogP contribution in [-0.2, 0) is 4.74 Å². The number of nitrogens with two attached hydrogens (primary N) is 2. The second-order valence-electron chi connectivity index (χ2n) is 4.73. The van der Waals surface area contributed by atoms with Gasteiger partial charge in [-0.15, -0.1) is 0 Å². The van der Waals surface area contributed by atoms with Gasteiger partial charge in [-0.3, -0.25) is 0 Å². The van der Waals surface area contributed by atoms with Gasteiger partial charge in [0.15, 0.2) is 0 Å². The number of hydrogen-bond donors (Lipinski definition) is 2. The van der Waals surface area contributed by atoms with E-state index in [2.05, 4.69) is 0 Å². The van der Waals surface area contributed by atoms with Crippen LogP contribution in [0.1, 0.15) is 64.2 Å². The van der Waals surface area contributed by atoms with Crippen LogP contribution < -0.4 is 11.5 Å². The number of rotatable bonds is 14. The second kappa shape index (κ2) is 15.9. The zero-order chi connectivity index (χ0) is 12.6. The maximum atomic E-state index is 5.45. The smallest absolute Gasteiger partial charge is 0.0588 e. The van der Waals surface area contributed by atoms with Crippen LogP contribution in [0.3, 0.4) is 0 Å². The van der Waals surface area contributed by atoms with Crippen LogP contribution in [0.4, 0.5) is 0 Å². The van der Waals surface area contributed by atoms with Gasteiger partial charge in [0.1, 0.15) is 0 Å². The average molecular weight is 244 g/mol. The molecule has 0 unspecified atom stereocenters. The van der Waals surface area contributed by atoms with Gasteiger partial charge in [-0.05, 0) is 19.4 Å². The summed E-state index contributed by atoms with van der Waals surface area (Å²) in [5, 5.41) is 0. The molecule has 0 saturated heterocycles. The first kappa shape index (κ1) is 16.9. The Morgan fingerprint density at radius 1 is 0.471 bits per heavy atom. The molecule has 17 heavy (non-hydrogen) atoms. The van der Waals surface area contributed by atoms with E-state index in [0.717, 1.165) is 13.2 Å². The molecular formula is C14H32N2O. The molecule has 0 aromatic heterocycles. The van der Waals surface area contributed by atoms with Gasteiger partial charge in [0, 0.05) is 13.2 Å². The molecule has 0 saturated carbocycles. The highest BCUT2D eigenvalue weighted by Gasteiger charge is 1.93. The van der Waals surface area contributed by atoms with Crippen molar-refractivity contribution >= 4 is 0 Å². The van der Waals surface area contributed by atoms with E-state index in [1.165, 1.54) is 64.2 Å². The monoisotopic (exact) mass is 244 g/mol. The third kappa shape index (κ3) is 15.9. The number of unbranched alkanes of at least 4 members (excludes halogenated alkanes) is 9. The molecule has 0 atom stereocenters. The summed E-state index contributed by atoms with van der Waals surface area (Å²) in [6.45, 7) is 3.09. The third-order valence-corrected chi connectivity index (χ3v) is 3.00. The zero-order valence-corrected chi connectivity index (χ0v) is 11.5. The molecule has 0 heterocycles. The highest BCUT2D eigenvalue weighted by Crippen LogP contribution is 2.10. The van der Waals surface area contributed by atoms with Crippen molar-refractivity contribution < 1.29 is 4.74 Å². The molecule has 0 spiro atoms. The maximum absolute atomic E-state index is 5.45. The minimum absolute atomic E-state index is 0.643. The Morgan fingerprint density at radius 3 is 1.41 bits per heavy atom. The predicted molar refractivity (Wildman–Crippen MR) is 75.1 cm³/mol. The molecule has 0 radical (unpaired) electrons. The molecule has 0 bridgehead atoms. The van der Waals surface area contributed by atoms with E-state index in [1.807, 2.05) is 0 Å². The minimum atomic E-state index is 0.643. The molecule has 0 rings (SSSR count). The topological polar surface area (TPSA) is 61.3 Å². The SMILES string of the molecule is NCCCCCCCCCCCCOCCN. The van der Waals surface area contributed by atoms with Gasteiger partial charge < -0.3 is 16.2 Å². The highest BCUT2D eigenvalue weighted by atomic mass is 16.5. The van der Waals surface area contributed by atoms with Crippen LogP contribution in [0, 0.1) is 0 Å². The van der Waals surface area contributed by atoms with E-state index in [1.54, 1.807) is 0 Å². The molecule has 3 heteroatoms. The Bertz CT molecular complexity index is 117. The third-order valence-electron chi connectivity index (χ3n) is 3.00. The van der Waals surface area contributed by atoms with Crippen molar-refractivity contribution in [2.75, 3.05) is 26.3 Å². The lowest BCUT2D eigenvalue weighted by Crippen LogP contribution is -2.08. The molecule has 0 aliphatic carbocycles. The number of hydrogen-bond acceptors (Lipinski definition) is 3. The van der Waals surface area contributed by atoms with Crippen molar-refractivity contribution in [1.29, 1.82) is 0 Å². The molecule has 0 amide bonds. The van der Waals surface area contributed by atoms with Crippen LogP contribution in [0.5, 0.6) is 0 Å². The fourth-order valence-corrected chi connectivity index (χ4v) is 1.95. The Hall–Kier alpha value is -0.120. The zero-order valence-electron chi connectivity index (χ0n) is 11.5. The molecule has 104 valence electrons. The van der Waals surface area contributed by atoms with E-state index in [-0.39, 0.29) is 0 Å². The van der Waals surface area contributed by atoms with Crippen LogP contribution in [0.15, 0.2) is 0 Å². The summed E-state index contributed by atoms with van der Waals surface area (Å²) in [5.74, 6) is 0. The normalized spacial score (nSPS) is 10.9. The van der Waals surface area contributed by atoms with E-state index in [0.29, 0.717) is 13.2 Å². The van der Waals surface area contributed by atoms with E-state index >= 15 is 0 Å². The fourth-order valence-electron chi connectivity index (χ4n) is 1.95. The van der Waals surface area contributed by atoms with E-state index < -0.39 is 0 Å². The summed E-state index contributed by atoms with van der Waals surface area (Å²) in [6.07, 6.45) is 13.3. The fraction of sp³-hybridized carbons (Fsp3) is 1.00. The standard InChI is InChI=1S/C14H32N2O/c15-11-9-7-5-3-1-2-4-6-8-10-13-17-14-12-16/h1-16H2. The molecule has 0 aromatic carbocycles. The van der Waals surface area contributed by atoms with Gasteiger partial charge in [-0.1, -0.05) is 51.4 Å². The van der Waals surface area contributed by atoms with E-state index in [4.69, 9.17) is 16.2 Å². The van der Waals surface area contributed by atoms with Crippen molar-refractivity contribution in [2.24, 2.45) is 11.5 Å². The molecule has 0 fully saturated rings. The van der Waals surface area contributed by atoms with Crippen molar-refractivity contribution in [2.45, 2.75) is 64.2 Å². The molecule has 0 aromatic rings. The van der Waals surface area contributed by atoms with Gasteiger partial charge in [-0.2, -0.15) is 0 Å². The van der Waals surface area contributed by atoms with Crippen LogP contribution in [0.25, 0.3) is 0 Å². The summed E-state index contributed by atoms with van der Waals surface area (Å²) in [6, 6.07) is 0. The Morgan fingerprint density at radius 2 is 0.941 bits per heavy atom. The highest BCUT2D eigenvalue weighted by molar-refractivity contribution is 4.48. The molecule has 3 nitrogen and oxygen atoms in total. The lowest BCUT2D eigenvalue weighted by molar-refractivity contribution is 0.137. The number of ether oxygens (including phenoxy) is 1. The second-order valence-corrected chi connectivity index (χ2v) is 4.73. The van der Waals surface area contributed by atoms with Gasteiger partial charge in [0.25, 0.3) is 0 Å². The molecule has 4 N–H and O–H groups in total. The average Bonchev–Trinajstić information content (AvgIpc) is 2.35. The summed E-state index contributed by atoms with van der Waals surface area (Å²) in [7, 11) is 0. The first-order valence-electron chi connectivity index (χ1n) is 7.39. The Labute approximate surface area is 107 Å². The predicted octanol–water partition coefficient (Wildman–Crippen LogP) is 2.82. The minimum Gasteiger partial charge on any atom is -0.380 e. The maximum Gasteiger partial charge on any atom is 0.0588 e. The lowest BCUT2D eigenvalue weighted by Gasteiger charge is -2.03. The molecule has 0 aliphatic heterocycles. The first-order chi connectivity index (χ1) is 8.41. The van der Waals surface area contributed by atoms with Crippen LogP contribution in [-0.4, -0.2) is 26.3 Å². The van der Waals surface area contributed by atoms with Gasteiger partial charge >= 0.3 is 0 Å². The van der Waals surface area contributed by atoms with E-state index in [9.17, 15) is 0 Å². The van der Waals surface area contributed by atoms with Crippen molar-refractivity contribution in [3.63, 3.8) is 0 Å². The summed E-state index contributed by atoms with van der Waals surface area (Å²) in [4.78, 5) is 0. The van der Waals surface area contributed by atoms with Gasteiger partial charge in [-0.25, -0.2) is 0 Å². The van der Waals surface area contributed by atoms with Crippen LogP contribution in [0.2, 0.25) is 0 Å². The Kier molecular flexibility index (Phi) is 15.8. The first-order valence-corrected chi connectivity index (χ1v) is 7.39. The summed E-state index contributed by atoms with van der Waals surface area (Å²) < 4.78 is 5.33. The summed E-state index contributed by atoms with van der Waals surface area (Å²) in [5.41, 5.74) is 10.8. The van der Waals surface area contributed by atoms with Gasteiger partial charge in [0.05, 0.1) is 6.61 Å². The lowest BCUT2D eigenvalue weighted by atomic mass is 10.1. The van der Waals surface area contributed by atoms with Crippen molar-refractivity contribution in [3.8, 4) is 0 Å².